The molecule has 0 saturated heterocycles. The monoisotopic (exact) mass is 229 g/mol. The van der Waals surface area contributed by atoms with Gasteiger partial charge < -0.3 is 5.73 Å². The van der Waals surface area contributed by atoms with Gasteiger partial charge in [0.2, 0.25) is 0 Å². The Hall–Kier alpha value is -2.10. The molecular formula is C13H15N3O. The summed E-state index contributed by atoms with van der Waals surface area (Å²) in [5.41, 5.74) is 8.69. The lowest BCUT2D eigenvalue weighted by molar-refractivity contribution is 0.0991. The van der Waals surface area contributed by atoms with Crippen molar-refractivity contribution in [2.24, 2.45) is 7.05 Å². The molecule has 2 rings (SSSR count). The predicted octanol–water partition coefficient (Wildman–Crippen LogP) is 1.74. The number of hydrogen-bond donors (Lipinski definition) is 1. The minimum absolute atomic E-state index is 0.0195. The second-order valence-corrected chi connectivity index (χ2v) is 4.09. The van der Waals surface area contributed by atoms with Gasteiger partial charge in [0, 0.05) is 24.0 Å². The van der Waals surface area contributed by atoms with Crippen LogP contribution in [0.2, 0.25) is 0 Å². The van der Waals surface area contributed by atoms with Crippen LogP contribution < -0.4 is 5.73 Å². The molecule has 0 aliphatic heterocycles. The number of hydrogen-bond acceptors (Lipinski definition) is 3. The van der Waals surface area contributed by atoms with Crippen molar-refractivity contribution >= 4 is 11.5 Å². The van der Waals surface area contributed by atoms with Crippen LogP contribution in [0.4, 0.5) is 5.69 Å². The molecule has 0 radical (unpaired) electrons. The number of nitrogens with two attached hydrogens (primary N) is 1. The van der Waals surface area contributed by atoms with Gasteiger partial charge in [0.15, 0.2) is 5.78 Å². The average Bonchev–Trinajstić information content (AvgIpc) is 2.58. The molecule has 2 N–H and O–H groups in total. The third-order valence-corrected chi connectivity index (χ3v) is 2.70. The van der Waals surface area contributed by atoms with Crippen LogP contribution in [0.1, 0.15) is 21.7 Å². The predicted molar refractivity (Wildman–Crippen MR) is 66.8 cm³/mol. The van der Waals surface area contributed by atoms with Crippen molar-refractivity contribution in [2.75, 3.05) is 5.73 Å². The van der Waals surface area contributed by atoms with E-state index in [0.717, 1.165) is 11.4 Å². The number of rotatable bonds is 3. The quantitative estimate of drug-likeness (QED) is 0.644. The van der Waals surface area contributed by atoms with Gasteiger partial charge in [0.1, 0.15) is 0 Å². The number of anilines is 1. The number of nitrogens with zero attached hydrogens (tertiary/aromatic N) is 2. The van der Waals surface area contributed by atoms with E-state index >= 15 is 0 Å². The first-order chi connectivity index (χ1) is 8.08. The lowest BCUT2D eigenvalue weighted by Crippen LogP contribution is -2.09. The molecule has 0 atom stereocenters. The first-order valence-electron chi connectivity index (χ1n) is 5.45. The number of aryl methyl sites for hydroxylation is 2. The Morgan fingerprint density at radius 2 is 2.12 bits per heavy atom. The van der Waals surface area contributed by atoms with Crippen LogP contribution in [-0.4, -0.2) is 15.6 Å². The summed E-state index contributed by atoms with van der Waals surface area (Å²) in [5, 5.41) is 4.21. The number of carbonyl (C=O) groups is 1. The molecule has 0 bridgehead atoms. The maximum atomic E-state index is 12.1. The highest BCUT2D eigenvalue weighted by Crippen LogP contribution is 2.14. The molecule has 0 saturated carbocycles. The molecule has 4 heteroatoms. The molecule has 1 heterocycles. The lowest BCUT2D eigenvalue weighted by Gasteiger charge is -2.04. The summed E-state index contributed by atoms with van der Waals surface area (Å²) in [4.78, 5) is 12.1. The largest absolute Gasteiger partial charge is 0.398 e. The fraction of sp³-hybridized carbons (Fsp3) is 0.231. The first-order valence-corrected chi connectivity index (χ1v) is 5.45. The maximum absolute atomic E-state index is 12.1. The Labute approximate surface area is 100 Å². The lowest BCUT2D eigenvalue weighted by atomic mass is 10.0. The minimum Gasteiger partial charge on any atom is -0.398 e. The van der Waals surface area contributed by atoms with Gasteiger partial charge in [-0.25, -0.2) is 0 Å². The summed E-state index contributed by atoms with van der Waals surface area (Å²) in [6, 6.07) is 9.04. The Morgan fingerprint density at radius 3 is 2.71 bits per heavy atom. The summed E-state index contributed by atoms with van der Waals surface area (Å²) in [6.07, 6.45) is 0.325. The molecule has 0 spiro atoms. The summed E-state index contributed by atoms with van der Waals surface area (Å²) in [7, 11) is 1.84. The van der Waals surface area contributed by atoms with Crippen LogP contribution in [0.15, 0.2) is 30.3 Å². The zero-order chi connectivity index (χ0) is 12.4. The summed E-state index contributed by atoms with van der Waals surface area (Å²) < 4.78 is 1.73. The summed E-state index contributed by atoms with van der Waals surface area (Å²) in [5.74, 6) is 0.0195. The zero-order valence-electron chi connectivity index (χ0n) is 9.97. The van der Waals surface area contributed by atoms with E-state index < -0.39 is 0 Å². The number of Topliss-reactive ketones (excluding diaryl/α,β-unsaturated/α-hetero) is 1. The third kappa shape index (κ3) is 2.36. The summed E-state index contributed by atoms with van der Waals surface area (Å²) in [6.45, 7) is 1.91. The van der Waals surface area contributed by atoms with Gasteiger partial charge in [-0.05, 0) is 25.1 Å². The van der Waals surface area contributed by atoms with Crippen molar-refractivity contribution < 1.29 is 4.79 Å². The molecule has 1 aromatic carbocycles. The summed E-state index contributed by atoms with van der Waals surface area (Å²) >= 11 is 0. The normalized spacial score (nSPS) is 10.5. The first kappa shape index (κ1) is 11.4. The molecule has 1 aromatic heterocycles. The van der Waals surface area contributed by atoms with Crippen LogP contribution in [0.25, 0.3) is 0 Å². The van der Waals surface area contributed by atoms with Gasteiger partial charge in [-0.2, -0.15) is 5.10 Å². The molecule has 17 heavy (non-hydrogen) atoms. The minimum atomic E-state index is 0.0195. The van der Waals surface area contributed by atoms with E-state index in [4.69, 9.17) is 5.73 Å². The van der Waals surface area contributed by atoms with E-state index in [9.17, 15) is 4.79 Å². The number of benzene rings is 1. The molecular weight excluding hydrogens is 214 g/mol. The fourth-order valence-electron chi connectivity index (χ4n) is 1.84. The fourth-order valence-corrected chi connectivity index (χ4v) is 1.84. The highest BCUT2D eigenvalue weighted by molar-refractivity contribution is 6.01. The van der Waals surface area contributed by atoms with Gasteiger partial charge in [0.05, 0.1) is 12.1 Å². The van der Waals surface area contributed by atoms with Crippen LogP contribution in [0, 0.1) is 6.92 Å². The number of nitrogen functional groups attached to an aromatic ring is 1. The Morgan fingerprint density at radius 1 is 1.41 bits per heavy atom. The molecule has 0 fully saturated rings. The molecule has 0 amide bonds. The van der Waals surface area contributed by atoms with Crippen LogP contribution in [-0.2, 0) is 13.5 Å². The van der Waals surface area contributed by atoms with E-state index in [-0.39, 0.29) is 5.78 Å². The van der Waals surface area contributed by atoms with Gasteiger partial charge in [-0.3, -0.25) is 9.48 Å². The topological polar surface area (TPSA) is 60.9 Å². The maximum Gasteiger partial charge on any atom is 0.170 e. The Bertz CT molecular complexity index is 558. The van der Waals surface area contributed by atoms with Crippen molar-refractivity contribution in [1.82, 2.24) is 9.78 Å². The van der Waals surface area contributed by atoms with Crippen LogP contribution in [0.3, 0.4) is 0 Å². The van der Waals surface area contributed by atoms with Gasteiger partial charge >= 0.3 is 0 Å². The SMILES string of the molecule is Cc1cc(CC(=O)c2ccccc2N)n(C)n1. The number of para-hydroxylation sites is 1. The highest BCUT2D eigenvalue weighted by Gasteiger charge is 2.12. The van der Waals surface area contributed by atoms with E-state index in [1.807, 2.05) is 32.2 Å². The average molecular weight is 229 g/mol. The van der Waals surface area contributed by atoms with Gasteiger partial charge in [-0.1, -0.05) is 12.1 Å². The van der Waals surface area contributed by atoms with Crippen molar-refractivity contribution in [3.05, 3.63) is 47.3 Å². The third-order valence-electron chi connectivity index (χ3n) is 2.70. The van der Waals surface area contributed by atoms with Crippen LogP contribution in [0.5, 0.6) is 0 Å². The Balaban J connectivity index is 2.23. The molecule has 88 valence electrons. The second-order valence-electron chi connectivity index (χ2n) is 4.09. The van der Waals surface area contributed by atoms with Gasteiger partial charge in [0.25, 0.3) is 0 Å². The second kappa shape index (κ2) is 4.41. The van der Waals surface area contributed by atoms with E-state index in [0.29, 0.717) is 17.7 Å². The molecule has 0 aliphatic carbocycles. The number of ketones is 1. The standard InChI is InChI=1S/C13H15N3O/c1-9-7-10(16(2)15-9)8-13(17)11-5-3-4-6-12(11)14/h3-7H,8,14H2,1-2H3. The molecule has 0 unspecified atom stereocenters. The highest BCUT2D eigenvalue weighted by atomic mass is 16.1. The molecule has 4 nitrogen and oxygen atoms in total. The number of aromatic nitrogens is 2. The van der Waals surface area contributed by atoms with Crippen molar-refractivity contribution in [2.45, 2.75) is 13.3 Å². The van der Waals surface area contributed by atoms with Crippen LogP contribution >= 0.6 is 0 Å². The van der Waals surface area contributed by atoms with Crippen molar-refractivity contribution in [3.63, 3.8) is 0 Å². The van der Waals surface area contributed by atoms with E-state index in [2.05, 4.69) is 5.10 Å². The van der Waals surface area contributed by atoms with Gasteiger partial charge in [-0.15, -0.1) is 0 Å². The number of carbonyl (C=O) groups excluding carboxylic acids is 1. The van der Waals surface area contributed by atoms with Crippen molar-refractivity contribution in [3.8, 4) is 0 Å². The Kier molecular flexibility index (Phi) is 2.95. The smallest absolute Gasteiger partial charge is 0.170 e. The zero-order valence-corrected chi connectivity index (χ0v) is 9.97. The van der Waals surface area contributed by atoms with Crippen molar-refractivity contribution in [1.29, 1.82) is 0 Å². The molecule has 0 aliphatic rings. The van der Waals surface area contributed by atoms with E-state index in [1.54, 1.807) is 16.8 Å². The van der Waals surface area contributed by atoms with E-state index in [1.165, 1.54) is 0 Å². The molecule has 2 aromatic rings.